The van der Waals surface area contributed by atoms with Gasteiger partial charge in [-0.1, -0.05) is 41.9 Å². The van der Waals surface area contributed by atoms with Gasteiger partial charge in [0.15, 0.2) is 0 Å². The number of hydrogen-bond donors (Lipinski definition) is 2. The summed E-state index contributed by atoms with van der Waals surface area (Å²) in [5, 5.41) is 7.01. The molecule has 4 nitrogen and oxygen atoms in total. The summed E-state index contributed by atoms with van der Waals surface area (Å²) < 4.78 is 5.78. The first kappa shape index (κ1) is 19.5. The van der Waals surface area contributed by atoms with Gasteiger partial charge in [0.25, 0.3) is 0 Å². The van der Waals surface area contributed by atoms with Gasteiger partial charge in [0.1, 0.15) is 11.5 Å². The molecule has 0 spiro atoms. The number of carbonyl (C=O) groups excluding carboxylic acids is 1. The van der Waals surface area contributed by atoms with Crippen molar-refractivity contribution in [3.05, 3.63) is 89.4 Å². The van der Waals surface area contributed by atoms with Crippen LogP contribution in [0, 0.1) is 5.92 Å². The van der Waals surface area contributed by atoms with Crippen LogP contribution in [0.15, 0.2) is 78.9 Å². The van der Waals surface area contributed by atoms with Crippen LogP contribution >= 0.6 is 11.6 Å². The second kappa shape index (κ2) is 9.12. The quantitative estimate of drug-likeness (QED) is 0.584. The molecule has 29 heavy (non-hydrogen) atoms. The van der Waals surface area contributed by atoms with Crippen molar-refractivity contribution in [3.63, 3.8) is 0 Å². The summed E-state index contributed by atoms with van der Waals surface area (Å²) in [6.07, 6.45) is 1.84. The molecular weight excluding hydrogens is 384 g/mol. The van der Waals surface area contributed by atoms with Crippen LogP contribution in [-0.4, -0.2) is 18.5 Å². The lowest BCUT2D eigenvalue weighted by molar-refractivity contribution is -0.117. The van der Waals surface area contributed by atoms with Gasteiger partial charge >= 0.3 is 0 Å². The first-order chi connectivity index (χ1) is 14.2. The highest BCUT2D eigenvalue weighted by Crippen LogP contribution is 2.25. The van der Waals surface area contributed by atoms with Gasteiger partial charge in [-0.05, 0) is 79.4 Å². The second-order valence-electron chi connectivity index (χ2n) is 7.32. The highest BCUT2D eigenvalue weighted by molar-refractivity contribution is 6.30. The molecule has 2 atom stereocenters. The summed E-state index contributed by atoms with van der Waals surface area (Å²) in [5.74, 6) is 1.90. The maximum Gasteiger partial charge on any atom is 0.241 e. The first-order valence-electron chi connectivity index (χ1n) is 9.77. The van der Waals surface area contributed by atoms with Gasteiger partial charge < -0.3 is 15.4 Å². The Morgan fingerprint density at radius 1 is 0.966 bits per heavy atom. The van der Waals surface area contributed by atoms with Crippen molar-refractivity contribution >= 4 is 23.2 Å². The van der Waals surface area contributed by atoms with Crippen molar-refractivity contribution in [2.24, 2.45) is 5.92 Å². The molecule has 3 aromatic rings. The van der Waals surface area contributed by atoms with Crippen LogP contribution in [0.1, 0.15) is 12.0 Å². The summed E-state index contributed by atoms with van der Waals surface area (Å²) >= 11 is 5.89. The number of benzene rings is 3. The number of halogens is 1. The normalized spacial score (nSPS) is 18.4. The zero-order valence-electron chi connectivity index (χ0n) is 16.0. The molecule has 0 aliphatic carbocycles. The lowest BCUT2D eigenvalue weighted by atomic mass is 9.96. The SMILES string of the molecule is O=C(Nc1ccc(Oc2ccc(Cl)cc2)cc1)[C@@H]1C[C@@H](Cc2ccccc2)CN1. The van der Waals surface area contributed by atoms with Crippen LogP contribution in [0.3, 0.4) is 0 Å². The van der Waals surface area contributed by atoms with Crippen molar-refractivity contribution in [1.82, 2.24) is 5.32 Å². The standard InChI is InChI=1S/C24H23ClN2O2/c25-19-6-10-21(11-7-19)29-22-12-8-20(9-13-22)27-24(28)23-15-18(16-26-23)14-17-4-2-1-3-5-17/h1-13,18,23,26H,14-16H2,(H,27,28)/t18-,23+/m1/s1. The Bertz CT molecular complexity index is 943. The summed E-state index contributed by atoms with van der Waals surface area (Å²) in [6, 6.07) is 24.8. The Kier molecular flexibility index (Phi) is 6.13. The fourth-order valence-electron chi connectivity index (χ4n) is 3.59. The average molecular weight is 407 g/mol. The second-order valence-corrected chi connectivity index (χ2v) is 7.76. The van der Waals surface area contributed by atoms with E-state index >= 15 is 0 Å². The van der Waals surface area contributed by atoms with Gasteiger partial charge in [-0.25, -0.2) is 0 Å². The largest absolute Gasteiger partial charge is 0.457 e. The van der Waals surface area contributed by atoms with E-state index in [1.807, 2.05) is 42.5 Å². The van der Waals surface area contributed by atoms with Gasteiger partial charge in [0, 0.05) is 10.7 Å². The molecule has 1 heterocycles. The molecule has 2 N–H and O–H groups in total. The monoisotopic (exact) mass is 406 g/mol. The summed E-state index contributed by atoms with van der Waals surface area (Å²) in [6.45, 7) is 0.862. The lowest BCUT2D eigenvalue weighted by Crippen LogP contribution is -2.35. The van der Waals surface area contributed by atoms with Crippen molar-refractivity contribution in [3.8, 4) is 11.5 Å². The molecule has 5 heteroatoms. The van der Waals surface area contributed by atoms with Gasteiger partial charge in [-0.2, -0.15) is 0 Å². The Balaban J connectivity index is 1.29. The Morgan fingerprint density at radius 3 is 2.31 bits per heavy atom. The Morgan fingerprint density at radius 2 is 1.62 bits per heavy atom. The predicted molar refractivity (Wildman–Crippen MR) is 117 cm³/mol. The van der Waals surface area contributed by atoms with Crippen LogP contribution in [0.5, 0.6) is 11.5 Å². The summed E-state index contributed by atoms with van der Waals surface area (Å²) in [5.41, 5.74) is 2.07. The minimum Gasteiger partial charge on any atom is -0.457 e. The lowest BCUT2D eigenvalue weighted by Gasteiger charge is -2.12. The van der Waals surface area contributed by atoms with Crippen molar-refractivity contribution in [2.45, 2.75) is 18.9 Å². The van der Waals surface area contributed by atoms with Gasteiger partial charge in [0.05, 0.1) is 6.04 Å². The molecule has 0 saturated carbocycles. The fraction of sp³-hybridized carbons (Fsp3) is 0.208. The van der Waals surface area contributed by atoms with E-state index in [1.165, 1.54) is 5.56 Å². The molecular formula is C24H23ClN2O2. The van der Waals surface area contributed by atoms with E-state index in [1.54, 1.807) is 12.1 Å². The number of anilines is 1. The number of carbonyl (C=O) groups is 1. The van der Waals surface area contributed by atoms with Crippen LogP contribution in [-0.2, 0) is 11.2 Å². The fourth-order valence-corrected chi connectivity index (χ4v) is 3.71. The molecule has 148 valence electrons. The molecule has 1 fully saturated rings. The third-order valence-electron chi connectivity index (χ3n) is 5.08. The van der Waals surface area contributed by atoms with Crippen LogP contribution in [0.4, 0.5) is 5.69 Å². The number of rotatable bonds is 6. The topological polar surface area (TPSA) is 50.4 Å². The first-order valence-corrected chi connectivity index (χ1v) is 10.2. The van der Waals surface area contributed by atoms with Crippen LogP contribution in [0.2, 0.25) is 5.02 Å². The zero-order chi connectivity index (χ0) is 20.1. The molecule has 0 unspecified atom stereocenters. The van der Waals surface area contributed by atoms with Crippen LogP contribution in [0.25, 0.3) is 0 Å². The average Bonchev–Trinajstić information content (AvgIpc) is 3.21. The minimum atomic E-state index is -0.159. The number of ether oxygens (including phenoxy) is 1. The number of amides is 1. The molecule has 1 saturated heterocycles. The summed E-state index contributed by atoms with van der Waals surface area (Å²) in [7, 11) is 0. The Labute approximate surface area is 175 Å². The van der Waals surface area contributed by atoms with E-state index in [-0.39, 0.29) is 11.9 Å². The van der Waals surface area contributed by atoms with E-state index in [0.29, 0.717) is 22.4 Å². The number of hydrogen-bond acceptors (Lipinski definition) is 3. The van der Waals surface area contributed by atoms with E-state index in [2.05, 4.69) is 34.9 Å². The minimum absolute atomic E-state index is 0.00642. The van der Waals surface area contributed by atoms with Crippen molar-refractivity contribution < 1.29 is 9.53 Å². The maximum absolute atomic E-state index is 12.6. The van der Waals surface area contributed by atoms with E-state index in [0.717, 1.165) is 25.1 Å². The zero-order valence-corrected chi connectivity index (χ0v) is 16.7. The van der Waals surface area contributed by atoms with E-state index in [4.69, 9.17) is 16.3 Å². The third-order valence-corrected chi connectivity index (χ3v) is 5.33. The Hall–Kier alpha value is -2.82. The van der Waals surface area contributed by atoms with Crippen molar-refractivity contribution in [1.29, 1.82) is 0 Å². The van der Waals surface area contributed by atoms with E-state index in [9.17, 15) is 4.79 Å². The molecule has 0 bridgehead atoms. The number of nitrogens with one attached hydrogen (secondary N) is 2. The smallest absolute Gasteiger partial charge is 0.241 e. The molecule has 1 aliphatic rings. The molecule has 1 aliphatic heterocycles. The third kappa shape index (κ3) is 5.37. The van der Waals surface area contributed by atoms with E-state index < -0.39 is 0 Å². The maximum atomic E-state index is 12.6. The molecule has 0 radical (unpaired) electrons. The van der Waals surface area contributed by atoms with Gasteiger partial charge in [0.2, 0.25) is 5.91 Å². The highest BCUT2D eigenvalue weighted by atomic mass is 35.5. The van der Waals surface area contributed by atoms with Crippen LogP contribution < -0.4 is 15.4 Å². The molecule has 1 amide bonds. The summed E-state index contributed by atoms with van der Waals surface area (Å²) in [4.78, 5) is 12.6. The predicted octanol–water partition coefficient (Wildman–Crippen LogP) is 5.29. The molecule has 4 rings (SSSR count). The molecule has 3 aromatic carbocycles. The molecule has 0 aromatic heterocycles. The van der Waals surface area contributed by atoms with Gasteiger partial charge in [-0.15, -0.1) is 0 Å². The van der Waals surface area contributed by atoms with Gasteiger partial charge in [-0.3, -0.25) is 4.79 Å². The highest BCUT2D eigenvalue weighted by Gasteiger charge is 2.29. The van der Waals surface area contributed by atoms with Crippen molar-refractivity contribution in [2.75, 3.05) is 11.9 Å².